The average molecular weight is 447 g/mol. The van der Waals surface area contributed by atoms with Gasteiger partial charge in [0.05, 0.1) is 40.3 Å². The predicted molar refractivity (Wildman–Crippen MR) is 114 cm³/mol. The zero-order valence-electron chi connectivity index (χ0n) is 16.3. The minimum atomic E-state index is -0.223. The zero-order chi connectivity index (χ0) is 20.8. The van der Waals surface area contributed by atoms with Gasteiger partial charge in [0.1, 0.15) is 6.23 Å². The number of rotatable bonds is 4. The van der Waals surface area contributed by atoms with Crippen LogP contribution in [0.25, 0.3) is 27.8 Å². The molecule has 156 valence electrons. The fourth-order valence-corrected chi connectivity index (χ4v) is 4.48. The molecule has 1 unspecified atom stereocenters. The Bertz CT molecular complexity index is 1220. The lowest BCUT2D eigenvalue weighted by atomic mass is 10.1. The van der Waals surface area contributed by atoms with Crippen molar-refractivity contribution in [2.45, 2.75) is 32.1 Å². The van der Waals surface area contributed by atoms with Crippen molar-refractivity contribution in [2.24, 2.45) is 7.05 Å². The number of ether oxygens (including phenoxy) is 1. The molecule has 10 heteroatoms. The second kappa shape index (κ2) is 7.70. The molecule has 0 bridgehead atoms. The molecule has 1 aliphatic heterocycles. The summed E-state index contributed by atoms with van der Waals surface area (Å²) in [6, 6.07) is 3.66. The fraction of sp³-hybridized carbons (Fsp3) is 0.350. The Morgan fingerprint density at radius 1 is 1.23 bits per heavy atom. The Kier molecular flexibility index (Phi) is 5.02. The SMILES string of the molecule is Cn1cc(-n2c(CO)c(-c3cnn(C4CCCCO4)c3)c3ccc(Cl)c(Cl)c32)nn1. The molecule has 5 rings (SSSR count). The predicted octanol–water partition coefficient (Wildman–Crippen LogP) is 4.12. The van der Waals surface area contributed by atoms with Crippen LogP contribution in [0.1, 0.15) is 31.2 Å². The molecule has 0 aliphatic carbocycles. The third-order valence-corrected chi connectivity index (χ3v) is 6.23. The number of nitrogens with zero attached hydrogens (tertiary/aromatic N) is 6. The first-order valence-electron chi connectivity index (χ1n) is 9.73. The van der Waals surface area contributed by atoms with E-state index in [0.717, 1.165) is 42.4 Å². The molecule has 0 amide bonds. The quantitative estimate of drug-likeness (QED) is 0.509. The van der Waals surface area contributed by atoms with Gasteiger partial charge in [-0.3, -0.25) is 9.25 Å². The number of hydrogen-bond acceptors (Lipinski definition) is 5. The van der Waals surface area contributed by atoms with Gasteiger partial charge in [0.15, 0.2) is 5.82 Å². The highest BCUT2D eigenvalue weighted by Gasteiger charge is 2.25. The molecule has 1 aromatic carbocycles. The lowest BCUT2D eigenvalue weighted by Gasteiger charge is -2.22. The molecule has 0 radical (unpaired) electrons. The Morgan fingerprint density at radius 2 is 2.10 bits per heavy atom. The van der Waals surface area contributed by atoms with Gasteiger partial charge in [-0.05, 0) is 25.3 Å². The third kappa shape index (κ3) is 3.11. The summed E-state index contributed by atoms with van der Waals surface area (Å²) in [5.74, 6) is 0.546. The molecule has 1 fully saturated rings. The highest BCUT2D eigenvalue weighted by molar-refractivity contribution is 6.45. The summed E-state index contributed by atoms with van der Waals surface area (Å²) in [6.07, 6.45) is 8.54. The molecular weight excluding hydrogens is 427 g/mol. The van der Waals surface area contributed by atoms with Crippen molar-refractivity contribution in [3.8, 4) is 16.9 Å². The van der Waals surface area contributed by atoms with Crippen LogP contribution in [0.5, 0.6) is 0 Å². The van der Waals surface area contributed by atoms with Crippen LogP contribution in [-0.2, 0) is 18.4 Å². The van der Waals surface area contributed by atoms with Crippen LogP contribution in [0.15, 0.2) is 30.7 Å². The van der Waals surface area contributed by atoms with Crippen LogP contribution in [0.4, 0.5) is 0 Å². The van der Waals surface area contributed by atoms with Gasteiger partial charge >= 0.3 is 0 Å². The zero-order valence-corrected chi connectivity index (χ0v) is 17.8. The van der Waals surface area contributed by atoms with Gasteiger partial charge in [-0.25, -0.2) is 4.68 Å². The number of aryl methyl sites for hydroxylation is 1. The number of aromatic nitrogens is 6. The van der Waals surface area contributed by atoms with Gasteiger partial charge in [0.2, 0.25) is 0 Å². The van der Waals surface area contributed by atoms with Crippen molar-refractivity contribution < 1.29 is 9.84 Å². The van der Waals surface area contributed by atoms with E-state index in [1.807, 2.05) is 16.9 Å². The lowest BCUT2D eigenvalue weighted by Crippen LogP contribution is -2.18. The summed E-state index contributed by atoms with van der Waals surface area (Å²) in [5.41, 5.74) is 3.00. The lowest BCUT2D eigenvalue weighted by molar-refractivity contribution is -0.0394. The van der Waals surface area contributed by atoms with Crippen molar-refractivity contribution >= 4 is 34.1 Å². The van der Waals surface area contributed by atoms with Crippen molar-refractivity contribution in [3.63, 3.8) is 0 Å². The second-order valence-corrected chi connectivity index (χ2v) is 8.14. The van der Waals surface area contributed by atoms with Crippen LogP contribution >= 0.6 is 23.2 Å². The molecule has 30 heavy (non-hydrogen) atoms. The molecule has 0 spiro atoms. The maximum Gasteiger partial charge on any atom is 0.180 e. The van der Waals surface area contributed by atoms with Crippen LogP contribution in [-0.4, -0.2) is 41.1 Å². The molecule has 1 N–H and O–H groups in total. The maximum absolute atomic E-state index is 10.3. The van der Waals surface area contributed by atoms with Crippen LogP contribution in [0, 0.1) is 0 Å². The minimum absolute atomic E-state index is 0.0727. The van der Waals surface area contributed by atoms with E-state index in [4.69, 9.17) is 27.9 Å². The molecule has 0 saturated carbocycles. The monoisotopic (exact) mass is 446 g/mol. The van der Waals surface area contributed by atoms with Gasteiger partial charge in [0.25, 0.3) is 0 Å². The van der Waals surface area contributed by atoms with E-state index in [1.165, 1.54) is 0 Å². The van der Waals surface area contributed by atoms with Gasteiger partial charge < -0.3 is 9.84 Å². The minimum Gasteiger partial charge on any atom is -0.390 e. The normalized spacial score (nSPS) is 17.1. The third-order valence-electron chi connectivity index (χ3n) is 5.43. The summed E-state index contributed by atoms with van der Waals surface area (Å²) in [5, 5.41) is 24.8. The van der Waals surface area contributed by atoms with E-state index < -0.39 is 0 Å². The highest BCUT2D eigenvalue weighted by atomic mass is 35.5. The molecule has 8 nitrogen and oxygen atoms in total. The Morgan fingerprint density at radius 3 is 2.80 bits per heavy atom. The maximum atomic E-state index is 10.3. The average Bonchev–Trinajstić information content (AvgIpc) is 3.47. The molecular formula is C20H20Cl2N6O2. The van der Waals surface area contributed by atoms with Crippen LogP contribution < -0.4 is 0 Å². The Labute approximate surface area is 182 Å². The van der Waals surface area contributed by atoms with E-state index in [9.17, 15) is 5.11 Å². The van der Waals surface area contributed by atoms with E-state index in [1.54, 1.807) is 34.8 Å². The number of benzene rings is 1. The van der Waals surface area contributed by atoms with E-state index >= 15 is 0 Å². The first kappa shape index (κ1) is 19.6. The molecule has 3 aromatic heterocycles. The molecule has 1 aliphatic rings. The largest absolute Gasteiger partial charge is 0.390 e. The fourth-order valence-electron chi connectivity index (χ4n) is 4.08. The molecule has 4 heterocycles. The van der Waals surface area contributed by atoms with Crippen molar-refractivity contribution in [1.29, 1.82) is 0 Å². The summed E-state index contributed by atoms with van der Waals surface area (Å²) >= 11 is 12.9. The standard InChI is InChI=1S/C20H20Cl2N6O2/c1-26-10-16(24-25-26)28-15(11-29)18(13-5-6-14(21)19(22)20(13)28)12-8-23-27(9-12)17-4-2-3-7-30-17/h5-6,8-10,17,29H,2-4,7,11H2,1H3. The van der Waals surface area contributed by atoms with E-state index in [2.05, 4.69) is 15.4 Å². The second-order valence-electron chi connectivity index (χ2n) is 7.35. The molecule has 1 saturated heterocycles. The van der Waals surface area contributed by atoms with Crippen LogP contribution in [0.3, 0.4) is 0 Å². The molecule has 4 aromatic rings. The summed E-state index contributed by atoms with van der Waals surface area (Å²) in [7, 11) is 1.78. The number of aliphatic hydroxyl groups is 1. The van der Waals surface area contributed by atoms with Crippen molar-refractivity contribution in [3.05, 3.63) is 46.5 Å². The Balaban J connectivity index is 1.75. The topological polar surface area (TPSA) is 82.9 Å². The summed E-state index contributed by atoms with van der Waals surface area (Å²) in [4.78, 5) is 0. The first-order chi connectivity index (χ1) is 14.6. The van der Waals surface area contributed by atoms with Gasteiger partial charge in [-0.1, -0.05) is 34.5 Å². The van der Waals surface area contributed by atoms with Crippen LogP contribution in [0.2, 0.25) is 10.0 Å². The van der Waals surface area contributed by atoms with Crippen molar-refractivity contribution in [2.75, 3.05) is 6.61 Å². The van der Waals surface area contributed by atoms with Gasteiger partial charge in [-0.2, -0.15) is 5.10 Å². The van der Waals surface area contributed by atoms with E-state index in [-0.39, 0.29) is 12.8 Å². The smallest absolute Gasteiger partial charge is 0.180 e. The van der Waals surface area contributed by atoms with Crippen molar-refractivity contribution in [1.82, 2.24) is 29.3 Å². The number of aliphatic hydroxyl groups excluding tert-OH is 1. The van der Waals surface area contributed by atoms with Gasteiger partial charge in [-0.15, -0.1) is 5.10 Å². The number of hydrogen-bond donors (Lipinski definition) is 1. The highest BCUT2D eigenvalue weighted by Crippen LogP contribution is 2.42. The first-order valence-corrected chi connectivity index (χ1v) is 10.5. The van der Waals surface area contributed by atoms with Gasteiger partial charge in [0, 0.05) is 36.4 Å². The van der Waals surface area contributed by atoms with E-state index in [0.29, 0.717) is 27.1 Å². The summed E-state index contributed by atoms with van der Waals surface area (Å²) < 4.78 is 11.1. The Hall–Kier alpha value is -2.39. The number of fused-ring (bicyclic) bond motifs is 1. The number of halogens is 2. The molecule has 1 atom stereocenters. The summed E-state index contributed by atoms with van der Waals surface area (Å²) in [6.45, 7) is 0.515.